The topological polar surface area (TPSA) is 52.7 Å². The number of nitrogens with zero attached hydrogens (tertiary/aromatic N) is 2. The van der Waals surface area contributed by atoms with Crippen molar-refractivity contribution in [2.45, 2.75) is 45.7 Å². The van der Waals surface area contributed by atoms with Crippen molar-refractivity contribution in [3.8, 4) is 0 Å². The van der Waals surface area contributed by atoms with Crippen molar-refractivity contribution in [1.82, 2.24) is 15.1 Å². The SMILES string of the molecule is Cc1cc(C)cc(C2CCCN2C(=O)CNC(=O)N2CCc3ccccc3C2)c1. The highest BCUT2D eigenvalue weighted by atomic mass is 16.2. The standard InChI is InChI=1S/C24H29N3O2/c1-17-12-18(2)14-21(13-17)22-8-5-10-27(22)23(28)15-25-24(29)26-11-9-19-6-3-4-7-20(19)16-26/h3-4,6-7,12-14,22H,5,8-11,15-16H2,1-2H3,(H,25,29). The molecule has 0 aliphatic carbocycles. The second-order valence-corrected chi connectivity index (χ2v) is 8.27. The van der Waals surface area contributed by atoms with Gasteiger partial charge in [0.15, 0.2) is 0 Å². The Bertz CT molecular complexity index is 904. The number of hydrogen-bond acceptors (Lipinski definition) is 2. The molecule has 1 N–H and O–H groups in total. The van der Waals surface area contributed by atoms with Gasteiger partial charge in [0.25, 0.3) is 0 Å². The molecule has 1 atom stereocenters. The second kappa shape index (κ2) is 8.27. The van der Waals surface area contributed by atoms with Crippen LogP contribution in [-0.4, -0.2) is 41.4 Å². The molecule has 3 amide bonds. The predicted octanol–water partition coefficient (Wildman–Crippen LogP) is 3.73. The van der Waals surface area contributed by atoms with Gasteiger partial charge in [0, 0.05) is 19.6 Å². The van der Waals surface area contributed by atoms with Crippen molar-refractivity contribution in [3.63, 3.8) is 0 Å². The number of carbonyl (C=O) groups excluding carboxylic acids is 2. The Balaban J connectivity index is 1.36. The number of rotatable bonds is 3. The third kappa shape index (κ3) is 4.29. The minimum Gasteiger partial charge on any atom is -0.334 e. The molecule has 2 aliphatic rings. The van der Waals surface area contributed by atoms with Crippen molar-refractivity contribution in [1.29, 1.82) is 0 Å². The van der Waals surface area contributed by atoms with Crippen molar-refractivity contribution >= 4 is 11.9 Å². The summed E-state index contributed by atoms with van der Waals surface area (Å²) in [5, 5.41) is 2.85. The summed E-state index contributed by atoms with van der Waals surface area (Å²) in [5.41, 5.74) is 6.14. The van der Waals surface area contributed by atoms with Crippen LogP contribution >= 0.6 is 0 Å². The molecule has 1 fully saturated rings. The van der Waals surface area contributed by atoms with Crippen LogP contribution in [0.25, 0.3) is 0 Å². The molecule has 2 aliphatic heterocycles. The highest BCUT2D eigenvalue weighted by Gasteiger charge is 2.30. The second-order valence-electron chi connectivity index (χ2n) is 8.27. The van der Waals surface area contributed by atoms with Gasteiger partial charge in [-0.2, -0.15) is 0 Å². The molecule has 1 unspecified atom stereocenters. The number of amides is 3. The van der Waals surface area contributed by atoms with E-state index in [2.05, 4.69) is 49.5 Å². The lowest BCUT2D eigenvalue weighted by atomic mass is 9.99. The maximum Gasteiger partial charge on any atom is 0.318 e. The van der Waals surface area contributed by atoms with Gasteiger partial charge in [0.1, 0.15) is 0 Å². The summed E-state index contributed by atoms with van der Waals surface area (Å²) < 4.78 is 0. The van der Waals surface area contributed by atoms with Crippen LogP contribution in [-0.2, 0) is 17.8 Å². The van der Waals surface area contributed by atoms with E-state index < -0.39 is 0 Å². The van der Waals surface area contributed by atoms with Gasteiger partial charge in [-0.3, -0.25) is 4.79 Å². The van der Waals surface area contributed by atoms with E-state index in [1.165, 1.54) is 27.8 Å². The van der Waals surface area contributed by atoms with Gasteiger partial charge in [-0.25, -0.2) is 4.79 Å². The molecular formula is C24H29N3O2. The summed E-state index contributed by atoms with van der Waals surface area (Å²) in [6, 6.07) is 14.7. The number of fused-ring (bicyclic) bond motifs is 1. The van der Waals surface area contributed by atoms with Crippen LogP contribution < -0.4 is 5.32 Å². The molecule has 0 aromatic heterocycles. The quantitative estimate of drug-likeness (QED) is 0.867. The van der Waals surface area contributed by atoms with Crippen molar-refractivity contribution in [2.24, 2.45) is 0 Å². The molecule has 2 heterocycles. The van der Waals surface area contributed by atoms with Crippen molar-refractivity contribution < 1.29 is 9.59 Å². The molecule has 0 radical (unpaired) electrons. The summed E-state index contributed by atoms with van der Waals surface area (Å²) in [4.78, 5) is 29.2. The number of likely N-dealkylation sites (tertiary alicyclic amines) is 1. The molecule has 4 rings (SSSR count). The van der Waals surface area contributed by atoms with Gasteiger partial charge in [-0.05, 0) is 49.8 Å². The lowest BCUT2D eigenvalue weighted by Gasteiger charge is -2.30. The molecule has 0 spiro atoms. The Labute approximate surface area is 172 Å². The van der Waals surface area contributed by atoms with Crippen LogP contribution in [0.5, 0.6) is 0 Å². The molecule has 5 heteroatoms. The van der Waals surface area contributed by atoms with E-state index in [-0.39, 0.29) is 24.5 Å². The molecule has 1 saturated heterocycles. The molecule has 2 aromatic rings. The minimum atomic E-state index is -0.157. The Kier molecular flexibility index (Phi) is 5.56. The van der Waals surface area contributed by atoms with E-state index in [4.69, 9.17) is 0 Å². The Morgan fingerprint density at radius 3 is 2.52 bits per heavy atom. The molecule has 5 nitrogen and oxygen atoms in total. The fraction of sp³-hybridized carbons (Fsp3) is 0.417. The zero-order valence-corrected chi connectivity index (χ0v) is 17.3. The van der Waals surface area contributed by atoms with Gasteiger partial charge < -0.3 is 15.1 Å². The fourth-order valence-corrected chi connectivity index (χ4v) is 4.65. The molecule has 2 aromatic carbocycles. The first-order valence-electron chi connectivity index (χ1n) is 10.5. The third-order valence-electron chi connectivity index (χ3n) is 6.01. The first-order valence-corrected chi connectivity index (χ1v) is 10.5. The van der Waals surface area contributed by atoms with Gasteiger partial charge in [-0.1, -0.05) is 53.6 Å². The average molecular weight is 392 g/mol. The Morgan fingerprint density at radius 1 is 1.03 bits per heavy atom. The van der Waals surface area contributed by atoms with E-state index in [1.54, 1.807) is 4.90 Å². The van der Waals surface area contributed by atoms with Crippen LogP contribution in [0.2, 0.25) is 0 Å². The van der Waals surface area contributed by atoms with E-state index in [1.807, 2.05) is 17.0 Å². The molecule has 0 bridgehead atoms. The van der Waals surface area contributed by atoms with Crippen molar-refractivity contribution in [3.05, 3.63) is 70.3 Å². The number of benzene rings is 2. The minimum absolute atomic E-state index is 0.00239. The third-order valence-corrected chi connectivity index (χ3v) is 6.01. The molecule has 29 heavy (non-hydrogen) atoms. The Hall–Kier alpha value is -2.82. The zero-order valence-electron chi connectivity index (χ0n) is 17.3. The van der Waals surface area contributed by atoms with E-state index in [0.29, 0.717) is 13.1 Å². The summed E-state index contributed by atoms with van der Waals surface area (Å²) in [7, 11) is 0. The van der Waals surface area contributed by atoms with Gasteiger partial charge >= 0.3 is 6.03 Å². The van der Waals surface area contributed by atoms with Gasteiger partial charge in [0.05, 0.1) is 12.6 Å². The maximum atomic E-state index is 12.9. The summed E-state index contributed by atoms with van der Waals surface area (Å²) in [6.07, 6.45) is 2.84. The van der Waals surface area contributed by atoms with Gasteiger partial charge in [-0.15, -0.1) is 0 Å². The number of aryl methyl sites for hydroxylation is 2. The molecule has 0 saturated carbocycles. The number of nitrogens with one attached hydrogen (secondary N) is 1. The smallest absolute Gasteiger partial charge is 0.318 e. The number of urea groups is 1. The van der Waals surface area contributed by atoms with Crippen molar-refractivity contribution in [2.75, 3.05) is 19.6 Å². The normalized spacial score (nSPS) is 18.5. The largest absolute Gasteiger partial charge is 0.334 e. The fourth-order valence-electron chi connectivity index (χ4n) is 4.65. The van der Waals surface area contributed by atoms with E-state index >= 15 is 0 Å². The van der Waals surface area contributed by atoms with E-state index in [9.17, 15) is 9.59 Å². The molecule has 152 valence electrons. The summed E-state index contributed by atoms with van der Waals surface area (Å²) in [5.74, 6) is -0.00239. The van der Waals surface area contributed by atoms with Gasteiger partial charge in [0.2, 0.25) is 5.91 Å². The van der Waals surface area contributed by atoms with Crippen LogP contribution in [0.15, 0.2) is 42.5 Å². The maximum absolute atomic E-state index is 12.9. The first kappa shape index (κ1) is 19.5. The summed E-state index contributed by atoms with van der Waals surface area (Å²) in [6.45, 7) is 6.28. The lowest BCUT2D eigenvalue weighted by molar-refractivity contribution is -0.131. The monoisotopic (exact) mass is 391 g/mol. The van der Waals surface area contributed by atoms with Crippen LogP contribution in [0, 0.1) is 13.8 Å². The van der Waals surface area contributed by atoms with E-state index in [0.717, 1.165) is 25.8 Å². The Morgan fingerprint density at radius 2 is 1.76 bits per heavy atom. The highest BCUT2D eigenvalue weighted by Crippen LogP contribution is 2.32. The average Bonchev–Trinajstić information content (AvgIpc) is 3.21. The number of carbonyl (C=O) groups is 2. The lowest BCUT2D eigenvalue weighted by Crippen LogP contribution is -2.46. The van der Waals surface area contributed by atoms with Crippen LogP contribution in [0.4, 0.5) is 4.79 Å². The zero-order chi connectivity index (χ0) is 20.4. The first-order chi connectivity index (χ1) is 14.0. The highest BCUT2D eigenvalue weighted by molar-refractivity contribution is 5.84. The summed E-state index contributed by atoms with van der Waals surface area (Å²) >= 11 is 0. The number of hydrogen-bond donors (Lipinski definition) is 1. The van der Waals surface area contributed by atoms with Crippen LogP contribution in [0.1, 0.15) is 46.7 Å². The predicted molar refractivity (Wildman–Crippen MR) is 114 cm³/mol. The molecular weight excluding hydrogens is 362 g/mol. The van der Waals surface area contributed by atoms with Crippen LogP contribution in [0.3, 0.4) is 0 Å².